The molecule has 2 rings (SSSR count). The Bertz CT molecular complexity index is 652. The number of aliphatic hydroxyl groups excluding tert-OH is 1. The summed E-state index contributed by atoms with van der Waals surface area (Å²) < 4.78 is 6.25. The summed E-state index contributed by atoms with van der Waals surface area (Å²) in [5, 5.41) is 27.4. The second kappa shape index (κ2) is 6.29. The van der Waals surface area contributed by atoms with Crippen LogP contribution >= 0.6 is 11.3 Å². The molecule has 0 aromatic carbocycles. The minimum atomic E-state index is -1.16. The number of carbonyl (C=O) groups is 1. The molecule has 0 aliphatic carbocycles. The van der Waals surface area contributed by atoms with Crippen molar-refractivity contribution in [1.82, 2.24) is 20.0 Å². The number of aromatic carboxylic acids is 1. The molecule has 0 spiro atoms. The molecule has 9 heteroatoms. The van der Waals surface area contributed by atoms with Crippen molar-refractivity contribution >= 4 is 17.3 Å². The van der Waals surface area contributed by atoms with Crippen molar-refractivity contribution < 1.29 is 19.7 Å². The van der Waals surface area contributed by atoms with E-state index < -0.39 is 12.1 Å². The Hall–Kier alpha value is -1.84. The predicted octanol–water partition coefficient (Wildman–Crippen LogP) is 0.724. The zero-order valence-corrected chi connectivity index (χ0v) is 12.7. The lowest BCUT2D eigenvalue weighted by Crippen LogP contribution is -2.22. The maximum absolute atomic E-state index is 11.3. The highest BCUT2D eigenvalue weighted by Crippen LogP contribution is 2.31. The van der Waals surface area contributed by atoms with Crippen molar-refractivity contribution in [2.24, 2.45) is 0 Å². The van der Waals surface area contributed by atoms with Crippen LogP contribution in [0, 0.1) is 13.8 Å². The minimum Gasteiger partial charge on any atom is -0.476 e. The van der Waals surface area contributed by atoms with Gasteiger partial charge in [-0.15, -0.1) is 16.4 Å². The Morgan fingerprint density at radius 1 is 1.48 bits per heavy atom. The summed E-state index contributed by atoms with van der Waals surface area (Å²) in [6.07, 6.45) is -0.800. The zero-order chi connectivity index (χ0) is 15.6. The number of rotatable bonds is 6. The van der Waals surface area contributed by atoms with Crippen LogP contribution in [0.3, 0.4) is 0 Å². The molecule has 0 aliphatic rings. The molecule has 0 fully saturated rings. The highest BCUT2D eigenvalue weighted by molar-refractivity contribution is 7.15. The van der Waals surface area contributed by atoms with Crippen molar-refractivity contribution in [2.45, 2.75) is 26.5 Å². The number of aryl methyl sites for hydroxylation is 2. The maximum atomic E-state index is 11.3. The molecule has 2 heterocycles. The summed E-state index contributed by atoms with van der Waals surface area (Å²) >= 11 is 1.37. The summed E-state index contributed by atoms with van der Waals surface area (Å²) in [5.74, 6) is -1.16. The molecular formula is C12H16N4O4S. The molecule has 0 saturated carbocycles. The van der Waals surface area contributed by atoms with E-state index in [0.717, 1.165) is 5.01 Å². The van der Waals surface area contributed by atoms with Crippen LogP contribution in [-0.2, 0) is 11.3 Å². The largest absolute Gasteiger partial charge is 0.476 e. The van der Waals surface area contributed by atoms with E-state index in [4.69, 9.17) is 4.74 Å². The van der Waals surface area contributed by atoms with Crippen LogP contribution in [0.4, 0.5) is 0 Å². The van der Waals surface area contributed by atoms with E-state index >= 15 is 0 Å². The maximum Gasteiger partial charge on any atom is 0.358 e. The minimum absolute atomic E-state index is 0.0971. The molecule has 2 aromatic rings. The van der Waals surface area contributed by atoms with Crippen molar-refractivity contribution in [3.63, 3.8) is 0 Å². The van der Waals surface area contributed by atoms with Gasteiger partial charge in [0.25, 0.3) is 0 Å². The Morgan fingerprint density at radius 2 is 2.19 bits per heavy atom. The molecule has 0 bridgehead atoms. The summed E-state index contributed by atoms with van der Waals surface area (Å²) in [5.41, 5.74) is 0.928. The number of aliphatic hydroxyl groups is 1. The van der Waals surface area contributed by atoms with Gasteiger partial charge >= 0.3 is 5.97 Å². The van der Waals surface area contributed by atoms with Crippen molar-refractivity contribution in [3.8, 4) is 10.6 Å². The monoisotopic (exact) mass is 312 g/mol. The number of nitrogens with zero attached hydrogens (tertiary/aromatic N) is 4. The van der Waals surface area contributed by atoms with Gasteiger partial charge in [-0.25, -0.2) is 14.5 Å². The molecule has 0 radical (unpaired) electrons. The van der Waals surface area contributed by atoms with E-state index in [0.29, 0.717) is 16.3 Å². The van der Waals surface area contributed by atoms with Gasteiger partial charge in [-0.3, -0.25) is 0 Å². The van der Waals surface area contributed by atoms with Gasteiger partial charge in [-0.05, 0) is 13.8 Å². The number of carboxylic acid groups (broad SMARTS) is 1. The molecular weight excluding hydrogens is 296 g/mol. The summed E-state index contributed by atoms with van der Waals surface area (Å²) in [6.45, 7) is 3.87. The number of thiazole rings is 1. The first-order chi connectivity index (χ1) is 9.93. The Labute approximate surface area is 125 Å². The second-order valence-electron chi connectivity index (χ2n) is 4.53. The molecule has 0 aliphatic heterocycles. The van der Waals surface area contributed by atoms with Gasteiger partial charge < -0.3 is 14.9 Å². The van der Waals surface area contributed by atoms with E-state index in [1.165, 1.54) is 23.1 Å². The summed E-state index contributed by atoms with van der Waals surface area (Å²) in [6, 6.07) is 0. The third-order valence-corrected chi connectivity index (χ3v) is 3.88. The first-order valence-electron chi connectivity index (χ1n) is 6.22. The number of carboxylic acids is 1. The quantitative estimate of drug-likeness (QED) is 0.808. The summed E-state index contributed by atoms with van der Waals surface area (Å²) in [7, 11) is 1.48. The number of ether oxygens (including phenoxy) is 1. The lowest BCUT2D eigenvalue weighted by Gasteiger charge is -2.11. The average Bonchev–Trinajstić information content (AvgIpc) is 2.92. The lowest BCUT2D eigenvalue weighted by atomic mass is 10.2. The van der Waals surface area contributed by atoms with Gasteiger partial charge in [0, 0.05) is 7.11 Å². The molecule has 1 unspecified atom stereocenters. The Kier molecular flexibility index (Phi) is 4.66. The number of aromatic nitrogens is 4. The van der Waals surface area contributed by atoms with Gasteiger partial charge in [0.1, 0.15) is 5.69 Å². The van der Waals surface area contributed by atoms with Crippen molar-refractivity contribution in [1.29, 1.82) is 0 Å². The molecule has 8 nitrogen and oxygen atoms in total. The SMILES string of the molecule is COCC(O)Cn1nnc(C(=O)O)c1-c1sc(C)nc1C. The van der Waals surface area contributed by atoms with Gasteiger partial charge in [0.15, 0.2) is 5.69 Å². The fourth-order valence-electron chi connectivity index (χ4n) is 2.01. The number of hydrogen-bond acceptors (Lipinski definition) is 7. The Balaban J connectivity index is 2.48. The zero-order valence-electron chi connectivity index (χ0n) is 11.9. The standard InChI is InChI=1S/C12H16N4O4S/c1-6-11(21-7(2)13-6)10-9(12(18)19)14-15-16(10)4-8(17)5-20-3/h8,17H,4-5H2,1-3H3,(H,18,19). The van der Waals surface area contributed by atoms with Crippen LogP contribution in [0.25, 0.3) is 10.6 Å². The van der Waals surface area contributed by atoms with Crippen molar-refractivity contribution in [3.05, 3.63) is 16.4 Å². The van der Waals surface area contributed by atoms with Gasteiger partial charge in [0.05, 0.1) is 34.8 Å². The molecule has 0 amide bonds. The lowest BCUT2D eigenvalue weighted by molar-refractivity contribution is 0.0513. The fraction of sp³-hybridized carbons (Fsp3) is 0.500. The van der Waals surface area contributed by atoms with Gasteiger partial charge in [0.2, 0.25) is 0 Å². The first-order valence-corrected chi connectivity index (χ1v) is 7.03. The van der Waals surface area contributed by atoms with Gasteiger partial charge in [-0.1, -0.05) is 5.21 Å². The van der Waals surface area contributed by atoms with E-state index in [9.17, 15) is 15.0 Å². The van der Waals surface area contributed by atoms with Crippen LogP contribution < -0.4 is 0 Å². The van der Waals surface area contributed by atoms with Crippen LogP contribution in [0.2, 0.25) is 0 Å². The van der Waals surface area contributed by atoms with E-state index in [1.54, 1.807) is 6.92 Å². The van der Waals surface area contributed by atoms with Crippen LogP contribution in [0.1, 0.15) is 21.2 Å². The molecule has 21 heavy (non-hydrogen) atoms. The predicted molar refractivity (Wildman–Crippen MR) is 75.4 cm³/mol. The molecule has 0 saturated heterocycles. The highest BCUT2D eigenvalue weighted by Gasteiger charge is 2.25. The smallest absolute Gasteiger partial charge is 0.358 e. The van der Waals surface area contributed by atoms with Gasteiger partial charge in [-0.2, -0.15) is 0 Å². The third-order valence-electron chi connectivity index (χ3n) is 2.80. The van der Waals surface area contributed by atoms with Crippen LogP contribution in [0.15, 0.2) is 0 Å². The average molecular weight is 312 g/mol. The van der Waals surface area contributed by atoms with E-state index in [1.807, 2.05) is 6.92 Å². The Morgan fingerprint density at radius 3 is 2.71 bits per heavy atom. The third kappa shape index (κ3) is 3.26. The van der Waals surface area contributed by atoms with Crippen LogP contribution in [-0.4, -0.2) is 56.0 Å². The van der Waals surface area contributed by atoms with E-state index in [2.05, 4.69) is 15.3 Å². The van der Waals surface area contributed by atoms with E-state index in [-0.39, 0.29) is 18.8 Å². The first kappa shape index (κ1) is 15.5. The van der Waals surface area contributed by atoms with Crippen LogP contribution in [0.5, 0.6) is 0 Å². The molecule has 2 aromatic heterocycles. The topological polar surface area (TPSA) is 110 Å². The molecule has 1 atom stereocenters. The number of methoxy groups -OCH3 is 1. The normalized spacial score (nSPS) is 12.6. The summed E-state index contributed by atoms with van der Waals surface area (Å²) in [4.78, 5) is 16.3. The second-order valence-corrected chi connectivity index (χ2v) is 5.73. The fourth-order valence-corrected chi connectivity index (χ4v) is 2.98. The highest BCUT2D eigenvalue weighted by atomic mass is 32.1. The molecule has 2 N–H and O–H groups in total. The van der Waals surface area contributed by atoms with Crippen molar-refractivity contribution in [2.75, 3.05) is 13.7 Å². The number of hydrogen-bond donors (Lipinski definition) is 2. The molecule has 114 valence electrons.